The van der Waals surface area contributed by atoms with Gasteiger partial charge in [0, 0.05) is 0 Å². The third kappa shape index (κ3) is 2.09. The van der Waals surface area contributed by atoms with Gasteiger partial charge in [-0.05, 0) is 30.5 Å². The summed E-state index contributed by atoms with van der Waals surface area (Å²) in [4.78, 5) is 23.6. The molecule has 1 aliphatic rings. The largest absolute Gasteiger partial charge is 0.508 e. The summed E-state index contributed by atoms with van der Waals surface area (Å²) in [7, 11) is 0. The summed E-state index contributed by atoms with van der Waals surface area (Å²) in [5.74, 6) is -0.510. The third-order valence-corrected chi connectivity index (χ3v) is 3.21. The molecule has 1 heterocycles. The maximum Gasteiger partial charge on any atom is 0.408 e. The molecule has 6 nitrogen and oxygen atoms in total. The van der Waals surface area contributed by atoms with Gasteiger partial charge >= 0.3 is 6.09 Å². The molecule has 6 heteroatoms. The van der Waals surface area contributed by atoms with Crippen molar-refractivity contribution in [3.63, 3.8) is 0 Å². The van der Waals surface area contributed by atoms with E-state index in [1.54, 1.807) is 12.1 Å². The molecule has 0 radical (unpaired) electrons. The maximum absolute atomic E-state index is 11.2. The van der Waals surface area contributed by atoms with Crippen LogP contribution in [0.15, 0.2) is 24.3 Å². The van der Waals surface area contributed by atoms with Crippen molar-refractivity contribution in [1.29, 1.82) is 0 Å². The van der Waals surface area contributed by atoms with E-state index in [-0.39, 0.29) is 11.8 Å². The van der Waals surface area contributed by atoms with Gasteiger partial charge in [-0.3, -0.25) is 9.69 Å². The molecule has 1 fully saturated rings. The zero-order valence-electron chi connectivity index (χ0n) is 9.61. The topological polar surface area (TPSA) is 104 Å². The Bertz CT molecular complexity index is 471. The van der Waals surface area contributed by atoms with Gasteiger partial charge in [0.15, 0.2) is 0 Å². The second kappa shape index (κ2) is 4.56. The van der Waals surface area contributed by atoms with E-state index >= 15 is 0 Å². The van der Waals surface area contributed by atoms with Crippen molar-refractivity contribution in [3.05, 3.63) is 29.8 Å². The first kappa shape index (κ1) is 12.2. The van der Waals surface area contributed by atoms with Gasteiger partial charge in [0.25, 0.3) is 0 Å². The van der Waals surface area contributed by atoms with Crippen molar-refractivity contribution >= 4 is 12.0 Å². The van der Waals surface area contributed by atoms with Crippen molar-refractivity contribution in [2.24, 2.45) is 5.73 Å². The first-order chi connectivity index (χ1) is 8.50. The normalized spacial score (nSPS) is 23.0. The van der Waals surface area contributed by atoms with E-state index in [1.165, 1.54) is 12.1 Å². The molecule has 18 heavy (non-hydrogen) atoms. The number of carbonyl (C=O) groups is 2. The van der Waals surface area contributed by atoms with Crippen LogP contribution in [0.5, 0.6) is 5.75 Å². The van der Waals surface area contributed by atoms with E-state index < -0.39 is 18.0 Å². The molecule has 2 rings (SSSR count). The highest BCUT2D eigenvalue weighted by Crippen LogP contribution is 2.36. The lowest BCUT2D eigenvalue weighted by atomic mass is 10.0. The van der Waals surface area contributed by atoms with E-state index in [2.05, 4.69) is 0 Å². The Hall–Kier alpha value is -2.24. The molecule has 4 N–H and O–H groups in total. The smallest absolute Gasteiger partial charge is 0.408 e. The van der Waals surface area contributed by atoms with Crippen LogP contribution in [-0.2, 0) is 4.79 Å². The highest BCUT2D eigenvalue weighted by Gasteiger charge is 2.40. The number of hydrogen-bond acceptors (Lipinski definition) is 3. The average molecular weight is 250 g/mol. The molecular formula is C12H14N2O4. The first-order valence-electron chi connectivity index (χ1n) is 5.60. The molecule has 0 bridgehead atoms. The molecule has 2 amide bonds. The highest BCUT2D eigenvalue weighted by molar-refractivity contribution is 5.84. The summed E-state index contributed by atoms with van der Waals surface area (Å²) in [5, 5.41) is 18.4. The molecule has 0 spiro atoms. The minimum absolute atomic E-state index is 0.116. The fourth-order valence-electron chi connectivity index (χ4n) is 2.38. The Morgan fingerprint density at radius 1 is 1.22 bits per heavy atom. The van der Waals surface area contributed by atoms with Crippen molar-refractivity contribution in [3.8, 4) is 5.75 Å². The number of aromatic hydroxyl groups is 1. The highest BCUT2D eigenvalue weighted by atomic mass is 16.4. The van der Waals surface area contributed by atoms with Gasteiger partial charge in [-0.1, -0.05) is 12.1 Å². The Labute approximate surface area is 104 Å². The minimum Gasteiger partial charge on any atom is -0.508 e. The number of carboxylic acid groups (broad SMARTS) is 1. The van der Waals surface area contributed by atoms with Crippen LogP contribution < -0.4 is 5.73 Å². The summed E-state index contributed by atoms with van der Waals surface area (Å²) >= 11 is 0. The van der Waals surface area contributed by atoms with Crippen LogP contribution in [0.2, 0.25) is 0 Å². The number of nitrogens with two attached hydrogens (primary N) is 1. The molecule has 96 valence electrons. The van der Waals surface area contributed by atoms with Gasteiger partial charge in [-0.15, -0.1) is 0 Å². The number of phenols is 1. The number of benzene rings is 1. The van der Waals surface area contributed by atoms with Crippen molar-refractivity contribution in [1.82, 2.24) is 4.90 Å². The quantitative estimate of drug-likeness (QED) is 0.730. The molecular weight excluding hydrogens is 236 g/mol. The second-order valence-corrected chi connectivity index (χ2v) is 4.29. The molecule has 2 unspecified atom stereocenters. The molecule has 0 saturated carbocycles. The SMILES string of the molecule is NC(=O)C1CCC(c2ccc(O)cc2)N1C(=O)O. The van der Waals surface area contributed by atoms with Crippen LogP contribution in [0.4, 0.5) is 4.79 Å². The van der Waals surface area contributed by atoms with Crippen molar-refractivity contribution < 1.29 is 19.8 Å². The second-order valence-electron chi connectivity index (χ2n) is 4.29. The predicted octanol–water partition coefficient (Wildman–Crippen LogP) is 1.06. The van der Waals surface area contributed by atoms with Gasteiger partial charge in [-0.25, -0.2) is 4.79 Å². The van der Waals surface area contributed by atoms with Gasteiger partial charge in [-0.2, -0.15) is 0 Å². The van der Waals surface area contributed by atoms with Crippen molar-refractivity contribution in [2.75, 3.05) is 0 Å². The van der Waals surface area contributed by atoms with Crippen LogP contribution in [0.25, 0.3) is 0 Å². The average Bonchev–Trinajstić information content (AvgIpc) is 2.74. The summed E-state index contributed by atoms with van der Waals surface area (Å²) in [6, 6.07) is 5.13. The van der Waals surface area contributed by atoms with E-state index in [1.807, 2.05) is 0 Å². The molecule has 0 aliphatic carbocycles. The van der Waals surface area contributed by atoms with Crippen LogP contribution in [-0.4, -0.2) is 33.2 Å². The Kier molecular flexibility index (Phi) is 3.10. The van der Waals surface area contributed by atoms with Crippen LogP contribution in [0, 0.1) is 0 Å². The Morgan fingerprint density at radius 3 is 2.33 bits per heavy atom. The van der Waals surface area contributed by atoms with Gasteiger partial charge in [0.2, 0.25) is 5.91 Å². The predicted molar refractivity (Wildman–Crippen MR) is 62.9 cm³/mol. The lowest BCUT2D eigenvalue weighted by Crippen LogP contribution is -2.44. The van der Waals surface area contributed by atoms with E-state index in [0.717, 1.165) is 10.5 Å². The van der Waals surface area contributed by atoms with Crippen LogP contribution >= 0.6 is 0 Å². The van der Waals surface area contributed by atoms with Crippen LogP contribution in [0.3, 0.4) is 0 Å². The lowest BCUT2D eigenvalue weighted by Gasteiger charge is -2.26. The summed E-state index contributed by atoms with van der Waals surface area (Å²) in [6.07, 6.45) is -0.188. The molecule has 2 atom stereocenters. The zero-order valence-corrected chi connectivity index (χ0v) is 9.61. The molecule has 1 aliphatic heterocycles. The Morgan fingerprint density at radius 2 is 1.83 bits per heavy atom. The van der Waals surface area contributed by atoms with Gasteiger partial charge < -0.3 is 15.9 Å². The number of nitrogens with zero attached hydrogens (tertiary/aromatic N) is 1. The number of primary amides is 1. The van der Waals surface area contributed by atoms with E-state index in [4.69, 9.17) is 5.73 Å². The Balaban J connectivity index is 2.30. The number of rotatable bonds is 2. The number of carbonyl (C=O) groups excluding carboxylic acids is 1. The first-order valence-corrected chi connectivity index (χ1v) is 5.60. The van der Waals surface area contributed by atoms with E-state index in [9.17, 15) is 19.8 Å². The number of phenolic OH excluding ortho intramolecular Hbond substituents is 1. The monoisotopic (exact) mass is 250 g/mol. The van der Waals surface area contributed by atoms with Gasteiger partial charge in [0.1, 0.15) is 11.8 Å². The molecule has 1 aromatic carbocycles. The zero-order chi connectivity index (χ0) is 13.3. The summed E-state index contributed by atoms with van der Waals surface area (Å²) < 4.78 is 0. The fourth-order valence-corrected chi connectivity index (χ4v) is 2.38. The lowest BCUT2D eigenvalue weighted by molar-refractivity contribution is -0.122. The fraction of sp³-hybridized carbons (Fsp3) is 0.333. The number of amides is 2. The number of likely N-dealkylation sites (tertiary alicyclic amines) is 1. The third-order valence-electron chi connectivity index (χ3n) is 3.21. The molecule has 1 saturated heterocycles. The summed E-state index contributed by atoms with van der Waals surface area (Å²) in [6.45, 7) is 0. The van der Waals surface area contributed by atoms with Crippen molar-refractivity contribution in [2.45, 2.75) is 24.9 Å². The van der Waals surface area contributed by atoms with Crippen LogP contribution in [0.1, 0.15) is 24.4 Å². The van der Waals surface area contributed by atoms with Gasteiger partial charge in [0.05, 0.1) is 6.04 Å². The number of hydrogen-bond donors (Lipinski definition) is 3. The maximum atomic E-state index is 11.2. The minimum atomic E-state index is -1.16. The molecule has 0 aromatic heterocycles. The van der Waals surface area contributed by atoms with E-state index in [0.29, 0.717) is 12.8 Å². The standard InChI is InChI=1S/C12H14N2O4/c13-11(16)10-6-5-9(14(10)12(17)18)7-1-3-8(15)4-2-7/h1-4,9-10,15H,5-6H2,(H2,13,16)(H,17,18). The molecule has 1 aromatic rings. The summed E-state index contributed by atoms with van der Waals surface area (Å²) in [5.41, 5.74) is 5.96.